The Hall–Kier alpha value is -2.98. The van der Waals surface area contributed by atoms with E-state index < -0.39 is 5.60 Å². The molecule has 3 N–H and O–H groups in total. The van der Waals surface area contributed by atoms with E-state index in [1.165, 1.54) is 11.8 Å². The van der Waals surface area contributed by atoms with Gasteiger partial charge in [-0.1, -0.05) is 60.0 Å². The molecule has 1 saturated heterocycles. The van der Waals surface area contributed by atoms with E-state index in [4.69, 9.17) is 4.74 Å². The van der Waals surface area contributed by atoms with E-state index >= 15 is 0 Å². The van der Waals surface area contributed by atoms with Crippen LogP contribution in [0.2, 0.25) is 0 Å². The normalized spacial score (nSPS) is 18.8. The maximum Gasteiger partial charge on any atom is 0.195 e. The Kier molecular flexibility index (Phi) is 6.78. The molecule has 0 saturated carbocycles. The van der Waals surface area contributed by atoms with Gasteiger partial charge in [0.05, 0.1) is 9.93 Å². The van der Waals surface area contributed by atoms with E-state index in [9.17, 15) is 9.90 Å². The van der Waals surface area contributed by atoms with Gasteiger partial charge >= 0.3 is 0 Å². The minimum Gasteiger partial charge on any atom is -0.480 e. The maximum absolute atomic E-state index is 12.5. The van der Waals surface area contributed by atoms with E-state index in [1.807, 2.05) is 60.7 Å². The van der Waals surface area contributed by atoms with Gasteiger partial charge in [-0.05, 0) is 50.2 Å². The molecular weight excluding hydrogens is 408 g/mol. The smallest absolute Gasteiger partial charge is 0.195 e. The Labute approximate surface area is 186 Å². The van der Waals surface area contributed by atoms with Gasteiger partial charge in [-0.3, -0.25) is 4.79 Å². The number of ether oxygens (including phenoxy) is 1. The first-order valence-corrected chi connectivity index (χ1v) is 11.1. The second kappa shape index (κ2) is 9.88. The summed E-state index contributed by atoms with van der Waals surface area (Å²) in [6.45, 7) is 1.71. The van der Waals surface area contributed by atoms with Crippen LogP contribution in [0.15, 0.2) is 70.6 Å². The zero-order valence-corrected chi connectivity index (χ0v) is 17.9. The highest BCUT2D eigenvalue weighted by atomic mass is 32.2. The van der Waals surface area contributed by atoms with Crippen LogP contribution >= 0.6 is 11.8 Å². The number of aliphatic hydroxyl groups is 1. The first-order valence-electron chi connectivity index (χ1n) is 10.2. The van der Waals surface area contributed by atoms with Crippen LogP contribution in [0.4, 0.5) is 5.69 Å². The summed E-state index contributed by atoms with van der Waals surface area (Å²) in [4.78, 5) is 13.1. The quantitative estimate of drug-likeness (QED) is 0.493. The van der Waals surface area contributed by atoms with E-state index in [2.05, 4.69) is 22.5 Å². The largest absolute Gasteiger partial charge is 0.480 e. The highest BCUT2D eigenvalue weighted by Crippen LogP contribution is 2.36. The number of allylic oxidation sites excluding steroid dienone is 2. The molecular formula is C25H24N2O3S. The lowest BCUT2D eigenvalue weighted by molar-refractivity contribution is -0.110. The second-order valence-corrected chi connectivity index (χ2v) is 8.47. The van der Waals surface area contributed by atoms with Gasteiger partial charge in [-0.25, -0.2) is 0 Å². The van der Waals surface area contributed by atoms with Gasteiger partial charge in [0.1, 0.15) is 18.0 Å². The van der Waals surface area contributed by atoms with Crippen molar-refractivity contribution in [3.63, 3.8) is 0 Å². The standard InChI is InChI=1S/C25H24N2O3S/c28-21-18-24(27-20-8-2-1-3-9-20)31-23(21)17-19-7-4-5-10-22(19)30-16-6-11-25(29)12-14-26-15-13-25/h1-5,7-10,17-18,26-27,29H,12-16H2/b23-17-. The van der Waals surface area contributed by atoms with Crippen molar-refractivity contribution in [2.24, 2.45) is 0 Å². The molecule has 2 aliphatic rings. The third-order valence-electron chi connectivity index (χ3n) is 5.02. The Morgan fingerprint density at radius 2 is 1.87 bits per heavy atom. The molecule has 0 unspecified atom stereocenters. The lowest BCUT2D eigenvalue weighted by atomic mass is 9.93. The van der Waals surface area contributed by atoms with Crippen molar-refractivity contribution in [1.82, 2.24) is 5.32 Å². The Bertz CT molecular complexity index is 1060. The minimum atomic E-state index is -0.934. The van der Waals surface area contributed by atoms with Gasteiger partial charge in [-0.2, -0.15) is 0 Å². The van der Waals surface area contributed by atoms with Gasteiger partial charge in [0.25, 0.3) is 0 Å². The van der Waals surface area contributed by atoms with E-state index in [0.29, 0.717) is 23.5 Å². The first kappa shape index (κ1) is 21.3. The van der Waals surface area contributed by atoms with Gasteiger partial charge in [0.2, 0.25) is 0 Å². The third-order valence-corrected chi connectivity index (χ3v) is 6.00. The van der Waals surface area contributed by atoms with Crippen molar-refractivity contribution >= 4 is 29.3 Å². The van der Waals surface area contributed by atoms with Gasteiger partial charge in [0.15, 0.2) is 5.78 Å². The number of ketones is 1. The van der Waals surface area contributed by atoms with Crippen LogP contribution in [0.25, 0.3) is 6.08 Å². The lowest BCUT2D eigenvalue weighted by Crippen LogP contribution is -2.40. The summed E-state index contributed by atoms with van der Waals surface area (Å²) in [5.41, 5.74) is 0.819. The van der Waals surface area contributed by atoms with Gasteiger partial charge in [-0.15, -0.1) is 0 Å². The number of para-hydroxylation sites is 2. The summed E-state index contributed by atoms with van der Waals surface area (Å²) in [7, 11) is 0. The van der Waals surface area contributed by atoms with Crippen LogP contribution in [0.3, 0.4) is 0 Å². The maximum atomic E-state index is 12.5. The summed E-state index contributed by atoms with van der Waals surface area (Å²) in [6.07, 6.45) is 4.69. The molecule has 2 aliphatic heterocycles. The number of carbonyl (C=O) groups is 1. The van der Waals surface area contributed by atoms with Crippen LogP contribution in [0, 0.1) is 11.8 Å². The number of rotatable bonds is 5. The summed E-state index contributed by atoms with van der Waals surface area (Å²) >= 11 is 1.40. The molecule has 0 aliphatic carbocycles. The minimum absolute atomic E-state index is 0.0360. The molecule has 0 aromatic heterocycles. The molecule has 1 fully saturated rings. The number of carbonyl (C=O) groups excluding carboxylic acids is 1. The van der Waals surface area contributed by atoms with Crippen molar-refractivity contribution in [3.05, 3.63) is 76.2 Å². The third kappa shape index (κ3) is 5.80. The average molecular weight is 433 g/mol. The van der Waals surface area contributed by atoms with Crippen LogP contribution in [-0.2, 0) is 4.79 Å². The molecule has 0 atom stereocenters. The predicted octanol–water partition coefficient (Wildman–Crippen LogP) is 3.79. The molecule has 0 spiro atoms. The number of hydrogen-bond donors (Lipinski definition) is 3. The van der Waals surface area contributed by atoms with Crippen LogP contribution in [0.5, 0.6) is 5.75 Å². The van der Waals surface area contributed by atoms with Crippen molar-refractivity contribution in [1.29, 1.82) is 0 Å². The topological polar surface area (TPSA) is 70.6 Å². The van der Waals surface area contributed by atoms with E-state index in [0.717, 1.165) is 29.4 Å². The summed E-state index contributed by atoms with van der Waals surface area (Å²) in [5, 5.41) is 17.7. The zero-order valence-electron chi connectivity index (χ0n) is 17.1. The SMILES string of the molecule is O=C1C=C(Nc2ccccc2)S/C1=C\c1ccccc1OCC#CC1(O)CCNCC1. The van der Waals surface area contributed by atoms with Crippen LogP contribution in [0.1, 0.15) is 18.4 Å². The number of piperidine rings is 1. The Morgan fingerprint density at radius 1 is 1.13 bits per heavy atom. The zero-order chi connectivity index (χ0) is 21.5. The van der Waals surface area contributed by atoms with Crippen molar-refractivity contribution in [3.8, 4) is 17.6 Å². The fourth-order valence-electron chi connectivity index (χ4n) is 3.37. The molecule has 2 aromatic rings. The molecule has 0 bridgehead atoms. The number of anilines is 1. The monoisotopic (exact) mass is 432 g/mol. The highest BCUT2D eigenvalue weighted by molar-refractivity contribution is 8.08. The number of nitrogens with one attached hydrogen (secondary N) is 2. The van der Waals surface area contributed by atoms with Gasteiger partial charge in [0, 0.05) is 17.3 Å². The fourth-order valence-corrected chi connectivity index (χ4v) is 4.28. The predicted molar refractivity (Wildman–Crippen MR) is 125 cm³/mol. The van der Waals surface area contributed by atoms with Crippen molar-refractivity contribution in [2.45, 2.75) is 18.4 Å². The van der Waals surface area contributed by atoms with Crippen molar-refractivity contribution < 1.29 is 14.6 Å². The number of hydrogen-bond acceptors (Lipinski definition) is 6. The van der Waals surface area contributed by atoms with Gasteiger partial charge < -0.3 is 20.5 Å². The summed E-state index contributed by atoms with van der Waals surface area (Å²) in [6, 6.07) is 17.3. The van der Waals surface area contributed by atoms with Crippen LogP contribution < -0.4 is 15.4 Å². The number of thioether (sulfide) groups is 1. The molecule has 5 nitrogen and oxygen atoms in total. The Balaban J connectivity index is 1.41. The number of benzene rings is 2. The molecule has 4 rings (SSSR count). The molecule has 0 amide bonds. The Morgan fingerprint density at radius 3 is 2.68 bits per heavy atom. The van der Waals surface area contributed by atoms with E-state index in [1.54, 1.807) is 6.08 Å². The fraction of sp³-hybridized carbons (Fsp3) is 0.240. The first-order chi connectivity index (χ1) is 15.1. The molecule has 2 aromatic carbocycles. The van der Waals surface area contributed by atoms with Crippen molar-refractivity contribution in [2.75, 3.05) is 25.0 Å². The second-order valence-electron chi connectivity index (χ2n) is 7.38. The molecule has 31 heavy (non-hydrogen) atoms. The van der Waals surface area contributed by atoms with Crippen LogP contribution in [-0.4, -0.2) is 36.2 Å². The lowest BCUT2D eigenvalue weighted by Gasteiger charge is -2.27. The highest BCUT2D eigenvalue weighted by Gasteiger charge is 2.26. The summed E-state index contributed by atoms with van der Waals surface area (Å²) < 4.78 is 5.84. The molecule has 2 heterocycles. The average Bonchev–Trinajstić information content (AvgIpc) is 3.12. The molecule has 6 heteroatoms. The molecule has 0 radical (unpaired) electrons. The summed E-state index contributed by atoms with van der Waals surface area (Å²) in [5.74, 6) is 6.51. The van der Waals surface area contributed by atoms with E-state index in [-0.39, 0.29) is 12.4 Å². The molecule has 158 valence electrons.